The minimum absolute atomic E-state index is 0.212. The SMILES string of the molecule is CCOC(=O)CCc1cc2c(C)cc(=O)oc2c2c1OCN(C1CCCC1)C2. The second kappa shape index (κ2) is 7.95. The van der Waals surface area contributed by atoms with Gasteiger partial charge in [-0.05, 0) is 50.3 Å². The Morgan fingerprint density at radius 3 is 2.82 bits per heavy atom. The van der Waals surface area contributed by atoms with E-state index in [4.69, 9.17) is 13.9 Å². The molecule has 2 aliphatic rings. The molecule has 0 atom stereocenters. The van der Waals surface area contributed by atoms with Gasteiger partial charge in [-0.3, -0.25) is 9.69 Å². The van der Waals surface area contributed by atoms with Gasteiger partial charge in [0.15, 0.2) is 0 Å². The highest BCUT2D eigenvalue weighted by Crippen LogP contribution is 2.39. The summed E-state index contributed by atoms with van der Waals surface area (Å²) in [5.74, 6) is 0.552. The van der Waals surface area contributed by atoms with Crippen molar-refractivity contribution in [2.24, 2.45) is 0 Å². The predicted octanol–water partition coefficient (Wildman–Crippen LogP) is 3.69. The van der Waals surface area contributed by atoms with Crippen LogP contribution < -0.4 is 10.4 Å². The van der Waals surface area contributed by atoms with Crippen LogP contribution in [0.1, 0.15) is 55.7 Å². The number of nitrogens with zero attached hydrogens (tertiary/aromatic N) is 1. The second-order valence-corrected chi connectivity index (χ2v) is 7.73. The van der Waals surface area contributed by atoms with Crippen LogP contribution in [-0.4, -0.2) is 30.2 Å². The monoisotopic (exact) mass is 385 g/mol. The van der Waals surface area contributed by atoms with E-state index in [9.17, 15) is 9.59 Å². The zero-order chi connectivity index (χ0) is 19.7. The molecule has 0 unspecified atom stereocenters. The van der Waals surface area contributed by atoms with Crippen LogP contribution in [0.3, 0.4) is 0 Å². The Hall–Kier alpha value is -2.34. The van der Waals surface area contributed by atoms with Crippen LogP contribution in [-0.2, 0) is 22.5 Å². The van der Waals surface area contributed by atoms with E-state index >= 15 is 0 Å². The minimum atomic E-state index is -0.343. The molecule has 0 spiro atoms. The molecule has 0 radical (unpaired) electrons. The lowest BCUT2D eigenvalue weighted by atomic mass is 9.97. The summed E-state index contributed by atoms with van der Waals surface area (Å²) in [6.07, 6.45) is 5.71. The Balaban J connectivity index is 1.74. The standard InChI is InChI=1S/C22H27NO5/c1-3-26-19(24)9-8-15-11-17-14(2)10-20(25)28-22(17)18-12-23(13-27-21(15)18)16-6-4-5-7-16/h10-11,16H,3-9,12-13H2,1-2H3. The summed E-state index contributed by atoms with van der Waals surface area (Å²) < 4.78 is 16.9. The molecule has 6 nitrogen and oxygen atoms in total. The average Bonchev–Trinajstić information content (AvgIpc) is 3.21. The zero-order valence-corrected chi connectivity index (χ0v) is 16.6. The maximum absolute atomic E-state index is 12.0. The molecule has 28 heavy (non-hydrogen) atoms. The van der Waals surface area contributed by atoms with Crippen LogP contribution >= 0.6 is 0 Å². The molecule has 1 aromatic heterocycles. The lowest BCUT2D eigenvalue weighted by Gasteiger charge is -2.34. The summed E-state index contributed by atoms with van der Waals surface area (Å²) in [7, 11) is 0. The highest BCUT2D eigenvalue weighted by molar-refractivity contribution is 5.86. The van der Waals surface area contributed by atoms with Crippen molar-refractivity contribution in [3.05, 3.63) is 39.2 Å². The first-order valence-corrected chi connectivity index (χ1v) is 10.2. The van der Waals surface area contributed by atoms with Gasteiger partial charge in [-0.2, -0.15) is 0 Å². The summed E-state index contributed by atoms with van der Waals surface area (Å²) in [6.45, 7) is 5.34. The van der Waals surface area contributed by atoms with E-state index < -0.39 is 0 Å². The average molecular weight is 385 g/mol. The number of ether oxygens (including phenoxy) is 2. The first-order chi connectivity index (χ1) is 13.6. The highest BCUT2D eigenvalue weighted by atomic mass is 16.5. The van der Waals surface area contributed by atoms with Crippen molar-refractivity contribution >= 4 is 16.9 Å². The number of aryl methyl sites for hydroxylation is 2. The number of hydrogen-bond acceptors (Lipinski definition) is 6. The summed E-state index contributed by atoms with van der Waals surface area (Å²) in [5, 5.41) is 0.911. The summed E-state index contributed by atoms with van der Waals surface area (Å²) in [4.78, 5) is 26.2. The van der Waals surface area contributed by atoms with Crippen molar-refractivity contribution in [1.29, 1.82) is 0 Å². The number of carbonyl (C=O) groups is 1. The quantitative estimate of drug-likeness (QED) is 0.578. The van der Waals surface area contributed by atoms with Crippen LogP contribution in [0.4, 0.5) is 0 Å². The Kier molecular flexibility index (Phi) is 5.40. The van der Waals surface area contributed by atoms with E-state index in [1.807, 2.05) is 19.9 Å². The second-order valence-electron chi connectivity index (χ2n) is 7.73. The Bertz CT molecular complexity index is 942. The van der Waals surface area contributed by atoms with Gasteiger partial charge in [0.05, 0.1) is 12.2 Å². The fourth-order valence-corrected chi connectivity index (χ4v) is 4.44. The molecule has 4 rings (SSSR count). The minimum Gasteiger partial charge on any atom is -0.477 e. The van der Waals surface area contributed by atoms with Crippen LogP contribution in [0.5, 0.6) is 5.75 Å². The van der Waals surface area contributed by atoms with Crippen molar-refractivity contribution in [2.75, 3.05) is 13.3 Å². The van der Waals surface area contributed by atoms with E-state index in [-0.39, 0.29) is 11.6 Å². The van der Waals surface area contributed by atoms with Gasteiger partial charge in [0.25, 0.3) is 0 Å². The zero-order valence-electron chi connectivity index (χ0n) is 16.6. The molecule has 0 N–H and O–H groups in total. The molecule has 150 valence electrons. The maximum atomic E-state index is 12.0. The fraction of sp³-hybridized carbons (Fsp3) is 0.545. The maximum Gasteiger partial charge on any atom is 0.336 e. The van der Waals surface area contributed by atoms with E-state index in [1.54, 1.807) is 0 Å². The molecule has 2 aromatic rings. The van der Waals surface area contributed by atoms with Crippen molar-refractivity contribution in [3.63, 3.8) is 0 Å². The summed E-state index contributed by atoms with van der Waals surface area (Å²) in [5.41, 5.74) is 3.05. The van der Waals surface area contributed by atoms with E-state index in [0.717, 1.165) is 27.8 Å². The van der Waals surface area contributed by atoms with Gasteiger partial charge >= 0.3 is 11.6 Å². The number of esters is 1. The van der Waals surface area contributed by atoms with E-state index in [1.165, 1.54) is 31.7 Å². The largest absolute Gasteiger partial charge is 0.477 e. The Labute approximate surface area is 164 Å². The number of rotatable bonds is 5. The first kappa shape index (κ1) is 19.0. The molecule has 1 aromatic carbocycles. The van der Waals surface area contributed by atoms with Gasteiger partial charge in [0, 0.05) is 30.5 Å². The molecule has 0 amide bonds. The third-order valence-electron chi connectivity index (χ3n) is 5.85. The normalized spacial score (nSPS) is 17.5. The van der Waals surface area contributed by atoms with Gasteiger partial charge < -0.3 is 13.9 Å². The van der Waals surface area contributed by atoms with Gasteiger partial charge in [-0.15, -0.1) is 0 Å². The van der Waals surface area contributed by atoms with Crippen molar-refractivity contribution in [1.82, 2.24) is 4.90 Å². The molecule has 6 heteroatoms. The number of fused-ring (bicyclic) bond motifs is 3. The molecule has 1 saturated carbocycles. The van der Waals surface area contributed by atoms with E-state index in [0.29, 0.717) is 44.3 Å². The van der Waals surface area contributed by atoms with Crippen molar-refractivity contribution in [2.45, 2.75) is 65.0 Å². The topological polar surface area (TPSA) is 69.0 Å². The van der Waals surface area contributed by atoms with Crippen LogP contribution in [0.15, 0.2) is 21.3 Å². The third kappa shape index (κ3) is 3.65. The molecule has 0 saturated heterocycles. The van der Waals surface area contributed by atoms with Crippen molar-refractivity contribution in [3.8, 4) is 5.75 Å². The van der Waals surface area contributed by atoms with Gasteiger partial charge in [0.2, 0.25) is 0 Å². The fourth-order valence-electron chi connectivity index (χ4n) is 4.44. The summed E-state index contributed by atoms with van der Waals surface area (Å²) in [6, 6.07) is 4.03. The van der Waals surface area contributed by atoms with Crippen molar-refractivity contribution < 1.29 is 18.7 Å². The molecule has 0 bridgehead atoms. The lowest BCUT2D eigenvalue weighted by molar-refractivity contribution is -0.143. The van der Waals surface area contributed by atoms with Crippen LogP contribution in [0.25, 0.3) is 11.0 Å². The van der Waals surface area contributed by atoms with Gasteiger partial charge in [0.1, 0.15) is 18.1 Å². The van der Waals surface area contributed by atoms with E-state index in [2.05, 4.69) is 4.90 Å². The third-order valence-corrected chi connectivity index (χ3v) is 5.85. The molecular weight excluding hydrogens is 358 g/mol. The van der Waals surface area contributed by atoms with Gasteiger partial charge in [-0.25, -0.2) is 4.79 Å². The number of carbonyl (C=O) groups excluding carboxylic acids is 1. The lowest BCUT2D eigenvalue weighted by Crippen LogP contribution is -2.39. The smallest absolute Gasteiger partial charge is 0.336 e. The molecule has 1 aliphatic heterocycles. The van der Waals surface area contributed by atoms with Gasteiger partial charge in [-0.1, -0.05) is 12.8 Å². The van der Waals surface area contributed by atoms with Crippen LogP contribution in [0, 0.1) is 6.92 Å². The number of hydrogen-bond donors (Lipinski definition) is 0. The predicted molar refractivity (Wildman–Crippen MR) is 105 cm³/mol. The summed E-state index contributed by atoms with van der Waals surface area (Å²) >= 11 is 0. The van der Waals surface area contributed by atoms with Crippen LogP contribution in [0.2, 0.25) is 0 Å². The number of benzene rings is 1. The molecule has 1 fully saturated rings. The highest BCUT2D eigenvalue weighted by Gasteiger charge is 2.30. The molecule has 1 aliphatic carbocycles. The first-order valence-electron chi connectivity index (χ1n) is 10.2. The molecular formula is C22H27NO5. The Morgan fingerprint density at radius 1 is 1.29 bits per heavy atom. The molecule has 2 heterocycles. The Morgan fingerprint density at radius 2 is 2.07 bits per heavy atom.